The topological polar surface area (TPSA) is 47.3 Å². The van der Waals surface area contributed by atoms with E-state index in [4.69, 9.17) is 5.26 Å². The highest BCUT2D eigenvalue weighted by Crippen LogP contribution is 2.27. The van der Waals surface area contributed by atoms with E-state index in [2.05, 4.69) is 30.0 Å². The molecular formula is C16H21N3O. The van der Waals surface area contributed by atoms with E-state index in [1.165, 1.54) is 0 Å². The molecule has 0 unspecified atom stereocenters. The lowest BCUT2D eigenvalue weighted by molar-refractivity contribution is 0.101. The fraction of sp³-hybridized carbons (Fsp3) is 0.500. The molecule has 1 aliphatic heterocycles. The summed E-state index contributed by atoms with van der Waals surface area (Å²) in [4.78, 5) is 16.3. The van der Waals surface area contributed by atoms with Crippen molar-refractivity contribution in [3.05, 3.63) is 29.3 Å². The highest BCUT2D eigenvalue weighted by molar-refractivity contribution is 6.00. The predicted molar refractivity (Wildman–Crippen MR) is 80.1 cm³/mol. The van der Waals surface area contributed by atoms with E-state index in [9.17, 15) is 4.79 Å². The average molecular weight is 271 g/mol. The van der Waals surface area contributed by atoms with E-state index < -0.39 is 0 Å². The fourth-order valence-electron chi connectivity index (χ4n) is 2.78. The number of nitriles is 1. The molecular weight excluding hydrogens is 250 g/mol. The summed E-state index contributed by atoms with van der Waals surface area (Å²) >= 11 is 0. The van der Waals surface area contributed by atoms with Crippen LogP contribution in [0.5, 0.6) is 0 Å². The van der Waals surface area contributed by atoms with Gasteiger partial charge < -0.3 is 9.80 Å². The Labute approximate surface area is 120 Å². The molecule has 1 saturated heterocycles. The zero-order valence-electron chi connectivity index (χ0n) is 12.4. The van der Waals surface area contributed by atoms with E-state index in [-0.39, 0.29) is 5.78 Å². The minimum atomic E-state index is 0.0548. The van der Waals surface area contributed by atoms with E-state index in [0.29, 0.717) is 17.2 Å². The SMILES string of the molecule is CC(=O)c1ccc(C#N)cc1N1CCC(N(C)C)CC1. The Morgan fingerprint density at radius 1 is 1.35 bits per heavy atom. The molecule has 4 heteroatoms. The van der Waals surface area contributed by atoms with Gasteiger partial charge in [-0.1, -0.05) is 0 Å². The molecule has 20 heavy (non-hydrogen) atoms. The normalized spacial score (nSPS) is 16.2. The maximum absolute atomic E-state index is 11.8. The number of hydrogen-bond donors (Lipinski definition) is 0. The molecule has 0 amide bonds. The summed E-state index contributed by atoms with van der Waals surface area (Å²) in [7, 11) is 4.22. The molecule has 0 radical (unpaired) electrons. The van der Waals surface area contributed by atoms with Crippen molar-refractivity contribution in [2.24, 2.45) is 0 Å². The van der Waals surface area contributed by atoms with E-state index in [1.807, 2.05) is 6.07 Å². The number of ketones is 1. The second kappa shape index (κ2) is 6.06. The molecule has 0 saturated carbocycles. The number of hydrogen-bond acceptors (Lipinski definition) is 4. The van der Waals surface area contributed by atoms with Crippen molar-refractivity contribution in [2.75, 3.05) is 32.1 Å². The molecule has 1 aromatic carbocycles. The maximum atomic E-state index is 11.8. The third kappa shape index (κ3) is 3.00. The van der Waals surface area contributed by atoms with Crippen molar-refractivity contribution in [3.8, 4) is 6.07 Å². The quantitative estimate of drug-likeness (QED) is 0.791. The smallest absolute Gasteiger partial charge is 0.161 e. The van der Waals surface area contributed by atoms with Gasteiger partial charge >= 0.3 is 0 Å². The third-order valence-corrected chi connectivity index (χ3v) is 4.04. The number of Topliss-reactive ketones (excluding diaryl/α,β-unsaturated/α-hetero) is 1. The van der Waals surface area contributed by atoms with Crippen LogP contribution in [0.1, 0.15) is 35.7 Å². The molecule has 1 heterocycles. The zero-order chi connectivity index (χ0) is 14.7. The second-order valence-corrected chi connectivity index (χ2v) is 5.58. The summed E-state index contributed by atoms with van der Waals surface area (Å²) in [5, 5.41) is 9.04. The van der Waals surface area contributed by atoms with Gasteiger partial charge in [0.1, 0.15) is 0 Å². The number of piperidine rings is 1. The second-order valence-electron chi connectivity index (χ2n) is 5.58. The number of nitrogens with zero attached hydrogens (tertiary/aromatic N) is 3. The number of benzene rings is 1. The van der Waals surface area contributed by atoms with Crippen molar-refractivity contribution in [2.45, 2.75) is 25.8 Å². The van der Waals surface area contributed by atoms with E-state index in [0.717, 1.165) is 31.6 Å². The van der Waals surface area contributed by atoms with Gasteiger partial charge in [0.2, 0.25) is 0 Å². The van der Waals surface area contributed by atoms with Crippen LogP contribution in [0.2, 0.25) is 0 Å². The number of carbonyl (C=O) groups is 1. The molecule has 0 aromatic heterocycles. The zero-order valence-corrected chi connectivity index (χ0v) is 12.4. The van der Waals surface area contributed by atoms with Gasteiger partial charge in [-0.15, -0.1) is 0 Å². The van der Waals surface area contributed by atoms with Crippen molar-refractivity contribution in [3.63, 3.8) is 0 Å². The first kappa shape index (κ1) is 14.5. The van der Waals surface area contributed by atoms with Crippen molar-refractivity contribution in [1.82, 2.24) is 4.90 Å². The number of carbonyl (C=O) groups excluding carboxylic acids is 1. The minimum absolute atomic E-state index is 0.0548. The van der Waals surface area contributed by atoms with Crippen LogP contribution in [0, 0.1) is 11.3 Å². The van der Waals surface area contributed by atoms with Crippen LogP contribution in [0.25, 0.3) is 0 Å². The van der Waals surface area contributed by atoms with Crippen LogP contribution in [-0.2, 0) is 0 Å². The van der Waals surface area contributed by atoms with Crippen LogP contribution < -0.4 is 4.90 Å². The molecule has 0 bridgehead atoms. The van der Waals surface area contributed by atoms with Crippen molar-refractivity contribution >= 4 is 11.5 Å². The molecule has 2 rings (SSSR count). The Morgan fingerprint density at radius 2 is 2.00 bits per heavy atom. The Bertz CT molecular complexity index is 537. The lowest BCUT2D eigenvalue weighted by Crippen LogP contribution is -2.42. The van der Waals surface area contributed by atoms with Crippen LogP contribution in [-0.4, -0.2) is 43.9 Å². The lowest BCUT2D eigenvalue weighted by atomic mass is 10.00. The van der Waals surface area contributed by atoms with Crippen molar-refractivity contribution < 1.29 is 4.79 Å². The van der Waals surface area contributed by atoms with Gasteiger partial charge in [0.05, 0.1) is 11.6 Å². The van der Waals surface area contributed by atoms with Gasteiger partial charge in [0, 0.05) is 30.4 Å². The summed E-state index contributed by atoms with van der Waals surface area (Å²) in [6.45, 7) is 3.44. The predicted octanol–water partition coefficient (Wildman–Crippen LogP) is 2.29. The van der Waals surface area contributed by atoms with Gasteiger partial charge in [-0.2, -0.15) is 5.26 Å². The van der Waals surface area contributed by atoms with Crippen LogP contribution in [0.15, 0.2) is 18.2 Å². The first-order chi connectivity index (χ1) is 9.52. The highest BCUT2D eigenvalue weighted by atomic mass is 16.1. The summed E-state index contributed by atoms with van der Waals surface area (Å²) in [6, 6.07) is 8.08. The van der Waals surface area contributed by atoms with Gasteiger partial charge in [-0.05, 0) is 52.1 Å². The minimum Gasteiger partial charge on any atom is -0.371 e. The maximum Gasteiger partial charge on any atom is 0.161 e. The van der Waals surface area contributed by atoms with Crippen LogP contribution >= 0.6 is 0 Å². The molecule has 0 N–H and O–H groups in total. The molecule has 1 aromatic rings. The molecule has 1 fully saturated rings. The van der Waals surface area contributed by atoms with E-state index >= 15 is 0 Å². The summed E-state index contributed by atoms with van der Waals surface area (Å²) in [5.74, 6) is 0.0548. The first-order valence-corrected chi connectivity index (χ1v) is 6.99. The number of anilines is 1. The molecule has 0 aliphatic carbocycles. The Kier molecular flexibility index (Phi) is 4.41. The molecule has 1 aliphatic rings. The highest BCUT2D eigenvalue weighted by Gasteiger charge is 2.23. The van der Waals surface area contributed by atoms with Gasteiger partial charge in [0.25, 0.3) is 0 Å². The molecule has 106 valence electrons. The first-order valence-electron chi connectivity index (χ1n) is 6.99. The standard InChI is InChI=1S/C16H21N3O/c1-12(20)15-5-4-13(11-17)10-16(15)19-8-6-14(7-9-19)18(2)3/h4-5,10,14H,6-9H2,1-3H3. The largest absolute Gasteiger partial charge is 0.371 e. The van der Waals surface area contributed by atoms with Gasteiger partial charge in [0.15, 0.2) is 5.78 Å². The molecule has 0 atom stereocenters. The Balaban J connectivity index is 2.24. The van der Waals surface area contributed by atoms with Crippen LogP contribution in [0.4, 0.5) is 5.69 Å². The Hall–Kier alpha value is -1.86. The molecule has 4 nitrogen and oxygen atoms in total. The monoisotopic (exact) mass is 271 g/mol. The Morgan fingerprint density at radius 3 is 2.50 bits per heavy atom. The lowest BCUT2D eigenvalue weighted by Gasteiger charge is -2.37. The fourth-order valence-corrected chi connectivity index (χ4v) is 2.78. The summed E-state index contributed by atoms with van der Waals surface area (Å²) < 4.78 is 0. The van der Waals surface area contributed by atoms with Gasteiger partial charge in [-0.25, -0.2) is 0 Å². The van der Waals surface area contributed by atoms with Crippen molar-refractivity contribution in [1.29, 1.82) is 5.26 Å². The van der Waals surface area contributed by atoms with E-state index in [1.54, 1.807) is 19.1 Å². The van der Waals surface area contributed by atoms with Gasteiger partial charge in [-0.3, -0.25) is 4.79 Å². The van der Waals surface area contributed by atoms with Crippen LogP contribution in [0.3, 0.4) is 0 Å². The molecule has 0 spiro atoms. The summed E-state index contributed by atoms with van der Waals surface area (Å²) in [6.07, 6.45) is 2.17. The average Bonchev–Trinajstić information content (AvgIpc) is 2.46. The summed E-state index contributed by atoms with van der Waals surface area (Å²) in [5.41, 5.74) is 2.24. The third-order valence-electron chi connectivity index (χ3n) is 4.04. The number of rotatable bonds is 3.